The van der Waals surface area contributed by atoms with E-state index in [1.807, 2.05) is 41.9 Å². The molecule has 1 unspecified atom stereocenters. The van der Waals surface area contributed by atoms with Crippen molar-refractivity contribution in [2.45, 2.75) is 6.04 Å². The summed E-state index contributed by atoms with van der Waals surface area (Å²) in [5.41, 5.74) is 3.24. The SMILES string of the molecule is NN[N+]([O-])(O)C(c1ccccc1)c1ccccc1. The highest BCUT2D eigenvalue weighted by Crippen LogP contribution is 2.30. The molecule has 0 heterocycles. The minimum absolute atomic E-state index is 0.680. The Morgan fingerprint density at radius 2 is 1.33 bits per heavy atom. The second kappa shape index (κ2) is 5.26. The van der Waals surface area contributed by atoms with Crippen LogP contribution >= 0.6 is 0 Å². The molecule has 2 rings (SSSR count). The van der Waals surface area contributed by atoms with Crippen LogP contribution in [0.25, 0.3) is 0 Å². The number of nitrogens with one attached hydrogen (secondary N) is 1. The first kappa shape index (κ1) is 12.7. The minimum Gasteiger partial charge on any atom is -0.576 e. The molecule has 0 saturated heterocycles. The number of hydrogen-bond donors (Lipinski definition) is 3. The Kier molecular flexibility index (Phi) is 3.71. The van der Waals surface area contributed by atoms with Gasteiger partial charge in [-0.25, -0.2) is 5.84 Å². The number of quaternary nitrogens is 1. The molecule has 0 fully saturated rings. The van der Waals surface area contributed by atoms with Crippen molar-refractivity contribution < 1.29 is 10.1 Å². The summed E-state index contributed by atoms with van der Waals surface area (Å²) in [6.07, 6.45) is 0. The summed E-state index contributed by atoms with van der Waals surface area (Å²) in [5, 5.41) is 21.9. The van der Waals surface area contributed by atoms with Crippen LogP contribution in [0.5, 0.6) is 0 Å². The Morgan fingerprint density at radius 1 is 0.944 bits per heavy atom. The van der Waals surface area contributed by atoms with E-state index in [9.17, 15) is 10.4 Å². The number of hydrazine groups is 1. The average Bonchev–Trinajstić information content (AvgIpc) is 2.41. The first-order valence-electron chi connectivity index (χ1n) is 5.55. The lowest BCUT2D eigenvalue weighted by atomic mass is 9.99. The predicted octanol–water partition coefficient (Wildman–Crippen LogP) is 1.86. The monoisotopic (exact) mass is 245 g/mol. The van der Waals surface area contributed by atoms with Gasteiger partial charge in [0.25, 0.3) is 0 Å². The molecule has 4 N–H and O–H groups in total. The topological polar surface area (TPSA) is 81.3 Å². The van der Waals surface area contributed by atoms with Crippen molar-refractivity contribution in [2.24, 2.45) is 5.84 Å². The van der Waals surface area contributed by atoms with Gasteiger partial charge in [-0.1, -0.05) is 66.2 Å². The number of nitrogens with two attached hydrogens (primary N) is 1. The summed E-state index contributed by atoms with van der Waals surface area (Å²) < 4.78 is 0. The number of hydrogen-bond acceptors (Lipinski definition) is 4. The van der Waals surface area contributed by atoms with Gasteiger partial charge in [-0.3, -0.25) is 0 Å². The van der Waals surface area contributed by atoms with E-state index in [1.165, 1.54) is 0 Å². The quantitative estimate of drug-likeness (QED) is 0.436. The second-order valence-corrected chi connectivity index (χ2v) is 3.98. The highest BCUT2D eigenvalue weighted by Gasteiger charge is 2.31. The Bertz CT molecular complexity index is 449. The predicted molar refractivity (Wildman–Crippen MR) is 67.5 cm³/mol. The van der Waals surface area contributed by atoms with E-state index < -0.39 is 11.0 Å². The largest absolute Gasteiger partial charge is 0.576 e. The molecule has 0 spiro atoms. The van der Waals surface area contributed by atoms with Crippen LogP contribution in [0.2, 0.25) is 0 Å². The molecule has 5 nitrogen and oxygen atoms in total. The third kappa shape index (κ3) is 2.56. The molecule has 5 heteroatoms. The van der Waals surface area contributed by atoms with Gasteiger partial charge in [-0.05, 0) is 0 Å². The van der Waals surface area contributed by atoms with E-state index in [1.54, 1.807) is 24.3 Å². The van der Waals surface area contributed by atoms with Crippen molar-refractivity contribution in [3.8, 4) is 0 Å². The van der Waals surface area contributed by atoms with Gasteiger partial charge in [-0.2, -0.15) is 5.21 Å². The van der Waals surface area contributed by atoms with Gasteiger partial charge in [0.05, 0.1) is 0 Å². The van der Waals surface area contributed by atoms with Crippen molar-refractivity contribution in [1.82, 2.24) is 5.53 Å². The van der Waals surface area contributed by atoms with Crippen LogP contribution in [0.3, 0.4) is 0 Å². The number of nitrogens with zero attached hydrogens (tertiary/aromatic N) is 1. The van der Waals surface area contributed by atoms with E-state index in [2.05, 4.69) is 0 Å². The Labute approximate surface area is 105 Å². The number of benzene rings is 2. The van der Waals surface area contributed by atoms with Crippen LogP contribution < -0.4 is 11.4 Å². The molecular weight excluding hydrogens is 230 g/mol. The van der Waals surface area contributed by atoms with Gasteiger partial charge in [0.2, 0.25) is 0 Å². The molecule has 0 aliphatic heterocycles. The highest BCUT2D eigenvalue weighted by molar-refractivity contribution is 5.29. The zero-order chi connectivity index (χ0) is 13.0. The first-order valence-corrected chi connectivity index (χ1v) is 5.55. The molecule has 94 valence electrons. The zero-order valence-corrected chi connectivity index (χ0v) is 9.73. The standard InChI is InChI=1S/C13H15N3O2/c14-15-16(17,18)13(11-7-3-1-4-8-11)12-9-5-2-6-10-12/h1-10,13,15,17H,14H2. The van der Waals surface area contributed by atoms with Crippen molar-refractivity contribution in [2.75, 3.05) is 0 Å². The van der Waals surface area contributed by atoms with E-state index in [0.29, 0.717) is 11.1 Å². The smallest absolute Gasteiger partial charge is 0.190 e. The highest BCUT2D eigenvalue weighted by atomic mass is 16.9. The summed E-state index contributed by atoms with van der Waals surface area (Å²) in [6.45, 7) is 0. The lowest BCUT2D eigenvalue weighted by Crippen LogP contribution is -2.56. The number of rotatable bonds is 4. The van der Waals surface area contributed by atoms with Gasteiger partial charge >= 0.3 is 0 Å². The summed E-state index contributed by atoms with van der Waals surface area (Å²) in [7, 11) is 0. The Morgan fingerprint density at radius 3 is 1.67 bits per heavy atom. The average molecular weight is 245 g/mol. The number of hydroxylamine groups is 2. The molecular formula is C13H15N3O2. The van der Waals surface area contributed by atoms with Crippen LogP contribution in [0.15, 0.2) is 60.7 Å². The molecule has 0 amide bonds. The summed E-state index contributed by atoms with van der Waals surface area (Å²) >= 11 is 0. The fourth-order valence-electron chi connectivity index (χ4n) is 1.94. The molecule has 0 aromatic heterocycles. The van der Waals surface area contributed by atoms with Gasteiger partial charge in [0, 0.05) is 11.1 Å². The molecule has 0 bridgehead atoms. The van der Waals surface area contributed by atoms with E-state index in [0.717, 1.165) is 0 Å². The van der Waals surface area contributed by atoms with E-state index in [-0.39, 0.29) is 0 Å². The van der Waals surface area contributed by atoms with Crippen molar-refractivity contribution in [3.05, 3.63) is 77.0 Å². The van der Waals surface area contributed by atoms with Gasteiger partial charge in [0.15, 0.2) is 6.04 Å². The summed E-state index contributed by atoms with van der Waals surface area (Å²) in [6, 6.07) is 17.2. The Balaban J connectivity index is 2.49. The molecule has 0 saturated carbocycles. The molecule has 0 aliphatic rings. The van der Waals surface area contributed by atoms with Crippen LogP contribution in [0, 0.1) is 5.21 Å². The lowest BCUT2D eigenvalue weighted by molar-refractivity contribution is -1.12. The van der Waals surface area contributed by atoms with Crippen LogP contribution in [0.4, 0.5) is 0 Å². The minimum atomic E-state index is -1.76. The first-order chi connectivity index (χ1) is 8.65. The lowest BCUT2D eigenvalue weighted by Gasteiger charge is -2.38. The molecule has 0 aliphatic carbocycles. The molecule has 1 atom stereocenters. The second-order valence-electron chi connectivity index (χ2n) is 3.98. The third-order valence-corrected chi connectivity index (χ3v) is 2.77. The fourth-order valence-corrected chi connectivity index (χ4v) is 1.94. The fraction of sp³-hybridized carbons (Fsp3) is 0.0769. The van der Waals surface area contributed by atoms with Crippen molar-refractivity contribution in [3.63, 3.8) is 0 Å². The van der Waals surface area contributed by atoms with Gasteiger partial charge in [0.1, 0.15) is 0 Å². The maximum atomic E-state index is 12.0. The van der Waals surface area contributed by atoms with Crippen molar-refractivity contribution >= 4 is 0 Å². The molecule has 0 radical (unpaired) electrons. The molecule has 2 aromatic carbocycles. The summed E-state index contributed by atoms with van der Waals surface area (Å²) in [4.78, 5) is -1.76. The van der Waals surface area contributed by atoms with E-state index >= 15 is 0 Å². The van der Waals surface area contributed by atoms with E-state index in [4.69, 9.17) is 5.84 Å². The van der Waals surface area contributed by atoms with Crippen LogP contribution in [-0.2, 0) is 0 Å². The Hall–Kier alpha value is -1.76. The van der Waals surface area contributed by atoms with Gasteiger partial charge in [-0.15, -0.1) is 4.92 Å². The van der Waals surface area contributed by atoms with Crippen molar-refractivity contribution in [1.29, 1.82) is 0 Å². The third-order valence-electron chi connectivity index (χ3n) is 2.77. The maximum Gasteiger partial charge on any atom is 0.190 e. The van der Waals surface area contributed by atoms with Gasteiger partial charge < -0.3 is 5.21 Å². The normalized spacial score (nSPS) is 14.4. The zero-order valence-electron chi connectivity index (χ0n) is 9.73. The van der Waals surface area contributed by atoms with Crippen LogP contribution in [0.1, 0.15) is 17.2 Å². The molecule has 2 aromatic rings. The maximum absolute atomic E-state index is 12.0. The summed E-state index contributed by atoms with van der Waals surface area (Å²) in [5.74, 6) is 5.14. The molecule has 18 heavy (non-hydrogen) atoms. The van der Waals surface area contributed by atoms with Crippen LogP contribution in [-0.4, -0.2) is 10.1 Å².